The van der Waals surface area contributed by atoms with Crippen LogP contribution in [0.3, 0.4) is 0 Å². The molecule has 2 aromatic rings. The SMILES string of the molecule is CCOc1ccc(C(NC(=O)C2CC2C(=O)O)c2ccccc2)cc1. The number of benzene rings is 2. The Labute approximate surface area is 146 Å². The molecular weight excluding hydrogens is 318 g/mol. The molecule has 130 valence electrons. The second-order valence-corrected chi connectivity index (χ2v) is 6.14. The Kier molecular flexibility index (Phi) is 5.03. The maximum Gasteiger partial charge on any atom is 0.307 e. The number of carboxylic acids is 1. The molecule has 1 aliphatic rings. The number of carbonyl (C=O) groups is 2. The van der Waals surface area contributed by atoms with Crippen LogP contribution in [-0.4, -0.2) is 23.6 Å². The van der Waals surface area contributed by atoms with Gasteiger partial charge in [-0.05, 0) is 36.6 Å². The highest BCUT2D eigenvalue weighted by Gasteiger charge is 2.48. The molecule has 3 unspecified atom stereocenters. The van der Waals surface area contributed by atoms with E-state index < -0.39 is 17.8 Å². The van der Waals surface area contributed by atoms with Crippen molar-refractivity contribution in [2.75, 3.05) is 6.61 Å². The standard InChI is InChI=1S/C20H21NO4/c1-2-25-15-10-8-14(9-11-15)18(13-6-4-3-5-7-13)21-19(22)16-12-17(16)20(23)24/h3-11,16-18H,2,12H2,1H3,(H,21,22)(H,23,24). The fourth-order valence-electron chi connectivity index (χ4n) is 2.93. The summed E-state index contributed by atoms with van der Waals surface area (Å²) in [6, 6.07) is 16.9. The van der Waals surface area contributed by atoms with Crippen LogP contribution in [0.25, 0.3) is 0 Å². The third-order valence-corrected chi connectivity index (χ3v) is 4.39. The van der Waals surface area contributed by atoms with Crippen molar-refractivity contribution in [3.63, 3.8) is 0 Å². The van der Waals surface area contributed by atoms with E-state index in [0.29, 0.717) is 13.0 Å². The first-order valence-electron chi connectivity index (χ1n) is 8.41. The predicted molar refractivity (Wildman–Crippen MR) is 93.3 cm³/mol. The van der Waals surface area contributed by atoms with Gasteiger partial charge in [0.2, 0.25) is 5.91 Å². The van der Waals surface area contributed by atoms with Crippen molar-refractivity contribution in [1.29, 1.82) is 0 Å². The highest BCUT2D eigenvalue weighted by molar-refractivity contribution is 5.89. The number of nitrogens with one attached hydrogen (secondary N) is 1. The van der Waals surface area contributed by atoms with Crippen LogP contribution in [0.4, 0.5) is 0 Å². The van der Waals surface area contributed by atoms with E-state index in [0.717, 1.165) is 16.9 Å². The quantitative estimate of drug-likeness (QED) is 0.813. The summed E-state index contributed by atoms with van der Waals surface area (Å²) in [5, 5.41) is 12.0. The molecule has 1 fully saturated rings. The molecular formula is C20H21NO4. The van der Waals surface area contributed by atoms with Gasteiger partial charge in [0.25, 0.3) is 0 Å². The van der Waals surface area contributed by atoms with Crippen molar-refractivity contribution >= 4 is 11.9 Å². The van der Waals surface area contributed by atoms with Gasteiger partial charge in [-0.3, -0.25) is 9.59 Å². The minimum absolute atomic E-state index is 0.213. The molecule has 0 spiro atoms. The average Bonchev–Trinajstić information content (AvgIpc) is 3.43. The smallest absolute Gasteiger partial charge is 0.307 e. The Balaban J connectivity index is 1.81. The normalized spacial score (nSPS) is 19.7. The van der Waals surface area contributed by atoms with Crippen LogP contribution in [-0.2, 0) is 9.59 Å². The van der Waals surface area contributed by atoms with E-state index in [1.165, 1.54) is 0 Å². The van der Waals surface area contributed by atoms with Crippen LogP contribution in [0, 0.1) is 11.8 Å². The first-order valence-corrected chi connectivity index (χ1v) is 8.41. The Hall–Kier alpha value is -2.82. The van der Waals surface area contributed by atoms with Crippen molar-refractivity contribution in [2.45, 2.75) is 19.4 Å². The first kappa shape index (κ1) is 17.0. The predicted octanol–water partition coefficient (Wildman–Crippen LogP) is 3.01. The van der Waals surface area contributed by atoms with Gasteiger partial charge in [-0.1, -0.05) is 42.5 Å². The van der Waals surface area contributed by atoms with Crippen LogP contribution in [0.15, 0.2) is 54.6 Å². The summed E-state index contributed by atoms with van der Waals surface area (Å²) in [7, 11) is 0. The topological polar surface area (TPSA) is 75.6 Å². The zero-order chi connectivity index (χ0) is 17.8. The van der Waals surface area contributed by atoms with Gasteiger partial charge in [0.1, 0.15) is 5.75 Å². The number of ether oxygens (including phenoxy) is 1. The lowest BCUT2D eigenvalue weighted by Crippen LogP contribution is -2.31. The summed E-state index contributed by atoms with van der Waals surface area (Å²) in [6.07, 6.45) is 0.409. The minimum atomic E-state index is -0.905. The Morgan fingerprint density at radius 1 is 1.08 bits per heavy atom. The van der Waals surface area contributed by atoms with Gasteiger partial charge in [0.15, 0.2) is 0 Å². The number of aliphatic carboxylic acids is 1. The lowest BCUT2D eigenvalue weighted by atomic mass is 9.98. The second kappa shape index (κ2) is 7.38. The van der Waals surface area contributed by atoms with E-state index in [-0.39, 0.29) is 11.9 Å². The van der Waals surface area contributed by atoms with Gasteiger partial charge in [-0.15, -0.1) is 0 Å². The van der Waals surface area contributed by atoms with E-state index in [9.17, 15) is 9.59 Å². The fraction of sp³-hybridized carbons (Fsp3) is 0.300. The fourth-order valence-corrected chi connectivity index (χ4v) is 2.93. The zero-order valence-electron chi connectivity index (χ0n) is 14.0. The monoisotopic (exact) mass is 339 g/mol. The van der Waals surface area contributed by atoms with Crippen LogP contribution < -0.4 is 10.1 Å². The van der Waals surface area contributed by atoms with E-state index in [1.807, 2.05) is 61.5 Å². The molecule has 0 heterocycles. The zero-order valence-corrected chi connectivity index (χ0v) is 14.0. The molecule has 0 aliphatic heterocycles. The minimum Gasteiger partial charge on any atom is -0.494 e. The number of hydrogen-bond acceptors (Lipinski definition) is 3. The van der Waals surface area contributed by atoms with E-state index >= 15 is 0 Å². The molecule has 3 atom stereocenters. The van der Waals surface area contributed by atoms with Crippen molar-refractivity contribution in [1.82, 2.24) is 5.32 Å². The third-order valence-electron chi connectivity index (χ3n) is 4.39. The summed E-state index contributed by atoms with van der Waals surface area (Å²) in [5.41, 5.74) is 1.88. The highest BCUT2D eigenvalue weighted by atomic mass is 16.5. The Morgan fingerprint density at radius 2 is 1.72 bits per heavy atom. The van der Waals surface area contributed by atoms with Gasteiger partial charge >= 0.3 is 5.97 Å². The van der Waals surface area contributed by atoms with Crippen molar-refractivity contribution in [2.24, 2.45) is 11.8 Å². The molecule has 2 N–H and O–H groups in total. The molecule has 0 saturated heterocycles. The summed E-state index contributed by atoms with van der Waals surface area (Å²) in [4.78, 5) is 23.5. The maximum atomic E-state index is 12.4. The summed E-state index contributed by atoms with van der Waals surface area (Å²) in [6.45, 7) is 2.52. The number of carbonyl (C=O) groups excluding carboxylic acids is 1. The molecule has 0 radical (unpaired) electrons. The van der Waals surface area contributed by atoms with E-state index in [4.69, 9.17) is 9.84 Å². The number of rotatable bonds is 7. The average molecular weight is 339 g/mol. The van der Waals surface area contributed by atoms with Gasteiger partial charge < -0.3 is 15.2 Å². The molecule has 1 amide bonds. The van der Waals surface area contributed by atoms with E-state index in [2.05, 4.69) is 5.32 Å². The third kappa shape index (κ3) is 3.99. The van der Waals surface area contributed by atoms with Gasteiger partial charge in [0.05, 0.1) is 24.5 Å². The second-order valence-electron chi connectivity index (χ2n) is 6.14. The molecule has 2 aromatic carbocycles. The number of hydrogen-bond donors (Lipinski definition) is 2. The summed E-state index contributed by atoms with van der Waals surface area (Å²) >= 11 is 0. The number of carboxylic acid groups (broad SMARTS) is 1. The first-order chi connectivity index (χ1) is 12.1. The molecule has 1 aliphatic carbocycles. The molecule has 0 aromatic heterocycles. The largest absolute Gasteiger partial charge is 0.494 e. The summed E-state index contributed by atoms with van der Waals surface area (Å²) < 4.78 is 5.46. The highest BCUT2D eigenvalue weighted by Crippen LogP contribution is 2.39. The van der Waals surface area contributed by atoms with Crippen molar-refractivity contribution in [3.8, 4) is 5.75 Å². The molecule has 5 nitrogen and oxygen atoms in total. The molecule has 1 saturated carbocycles. The molecule has 25 heavy (non-hydrogen) atoms. The van der Waals surface area contributed by atoms with Crippen LogP contribution in [0.5, 0.6) is 5.75 Å². The van der Waals surface area contributed by atoms with Crippen LogP contribution >= 0.6 is 0 Å². The molecule has 3 rings (SSSR count). The van der Waals surface area contributed by atoms with Gasteiger partial charge in [-0.2, -0.15) is 0 Å². The number of amides is 1. The Bertz CT molecular complexity index is 742. The Morgan fingerprint density at radius 3 is 2.28 bits per heavy atom. The van der Waals surface area contributed by atoms with Crippen molar-refractivity contribution in [3.05, 3.63) is 65.7 Å². The van der Waals surface area contributed by atoms with E-state index in [1.54, 1.807) is 0 Å². The van der Waals surface area contributed by atoms with Gasteiger partial charge in [-0.25, -0.2) is 0 Å². The van der Waals surface area contributed by atoms with Crippen LogP contribution in [0.2, 0.25) is 0 Å². The van der Waals surface area contributed by atoms with Gasteiger partial charge in [0, 0.05) is 0 Å². The lowest BCUT2D eigenvalue weighted by molar-refractivity contribution is -0.140. The molecule has 0 bridgehead atoms. The van der Waals surface area contributed by atoms with Crippen LogP contribution in [0.1, 0.15) is 30.5 Å². The molecule has 5 heteroatoms. The summed E-state index contributed by atoms with van der Waals surface area (Å²) in [5.74, 6) is -1.34. The van der Waals surface area contributed by atoms with Crippen molar-refractivity contribution < 1.29 is 19.4 Å². The maximum absolute atomic E-state index is 12.4. The lowest BCUT2D eigenvalue weighted by Gasteiger charge is -2.20.